The summed E-state index contributed by atoms with van der Waals surface area (Å²) in [5.41, 5.74) is 1.66. The van der Waals surface area contributed by atoms with Crippen molar-refractivity contribution in [2.24, 2.45) is 0 Å². The average Bonchev–Trinajstić information content (AvgIpc) is 2.89. The van der Waals surface area contributed by atoms with E-state index < -0.39 is 0 Å². The number of hydrogen-bond donors (Lipinski definition) is 1. The highest BCUT2D eigenvalue weighted by atomic mass is 32.1. The van der Waals surface area contributed by atoms with Gasteiger partial charge in [0.25, 0.3) is 0 Å². The summed E-state index contributed by atoms with van der Waals surface area (Å²) in [5, 5.41) is 5.65. The van der Waals surface area contributed by atoms with Crippen LogP contribution in [-0.2, 0) is 12.0 Å². The predicted molar refractivity (Wildman–Crippen MR) is 80.1 cm³/mol. The zero-order valence-electron chi connectivity index (χ0n) is 11.1. The molecule has 1 aromatic heterocycles. The molecule has 0 bridgehead atoms. The molecule has 0 fully saturated rings. The second-order valence-corrected chi connectivity index (χ2v) is 6.29. The SMILES string of the molecule is CC(C)(CCNCc1cccs1)c1ccccc1. The fourth-order valence-electron chi connectivity index (χ4n) is 2.06. The van der Waals surface area contributed by atoms with Crippen molar-refractivity contribution in [3.05, 3.63) is 58.3 Å². The summed E-state index contributed by atoms with van der Waals surface area (Å²) >= 11 is 1.81. The summed E-state index contributed by atoms with van der Waals surface area (Å²) in [4.78, 5) is 1.41. The van der Waals surface area contributed by atoms with E-state index in [4.69, 9.17) is 0 Å². The molecule has 2 aromatic rings. The molecule has 1 aromatic carbocycles. The van der Waals surface area contributed by atoms with Crippen molar-refractivity contribution in [3.8, 4) is 0 Å². The van der Waals surface area contributed by atoms with E-state index in [0.29, 0.717) is 0 Å². The molecule has 1 nitrogen and oxygen atoms in total. The lowest BCUT2D eigenvalue weighted by Gasteiger charge is -2.25. The monoisotopic (exact) mass is 259 g/mol. The van der Waals surface area contributed by atoms with Crippen LogP contribution in [-0.4, -0.2) is 6.54 Å². The van der Waals surface area contributed by atoms with Gasteiger partial charge < -0.3 is 5.32 Å². The highest BCUT2D eigenvalue weighted by Crippen LogP contribution is 2.26. The summed E-state index contributed by atoms with van der Waals surface area (Å²) < 4.78 is 0. The molecule has 0 radical (unpaired) electrons. The number of benzene rings is 1. The zero-order chi connectivity index (χ0) is 12.8. The van der Waals surface area contributed by atoms with Crippen molar-refractivity contribution < 1.29 is 0 Å². The highest BCUT2D eigenvalue weighted by molar-refractivity contribution is 7.09. The lowest BCUT2D eigenvalue weighted by Crippen LogP contribution is -2.25. The van der Waals surface area contributed by atoms with E-state index >= 15 is 0 Å². The first-order valence-electron chi connectivity index (χ1n) is 6.47. The summed E-state index contributed by atoms with van der Waals surface area (Å²) in [6.07, 6.45) is 1.16. The molecule has 2 rings (SSSR count). The Labute approximate surface area is 114 Å². The van der Waals surface area contributed by atoms with Crippen LogP contribution in [0.1, 0.15) is 30.7 Å². The third-order valence-corrected chi connectivity index (χ3v) is 4.24. The minimum atomic E-state index is 0.240. The highest BCUT2D eigenvalue weighted by Gasteiger charge is 2.19. The molecule has 0 unspecified atom stereocenters. The first kappa shape index (κ1) is 13.3. The molecule has 1 N–H and O–H groups in total. The standard InChI is InChI=1S/C16H21NS/c1-16(2,14-7-4-3-5-8-14)10-11-17-13-15-9-6-12-18-15/h3-9,12,17H,10-11,13H2,1-2H3. The predicted octanol–water partition coefficient (Wildman–Crippen LogP) is 4.21. The smallest absolute Gasteiger partial charge is 0.0299 e. The topological polar surface area (TPSA) is 12.0 Å². The van der Waals surface area contributed by atoms with E-state index in [1.807, 2.05) is 11.3 Å². The summed E-state index contributed by atoms with van der Waals surface area (Å²) in [7, 11) is 0. The first-order valence-corrected chi connectivity index (χ1v) is 7.35. The molecule has 1 heterocycles. The second-order valence-electron chi connectivity index (χ2n) is 5.26. The van der Waals surface area contributed by atoms with Gasteiger partial charge >= 0.3 is 0 Å². The van der Waals surface area contributed by atoms with E-state index in [0.717, 1.165) is 19.5 Å². The molecular weight excluding hydrogens is 238 g/mol. The van der Waals surface area contributed by atoms with Crippen LogP contribution in [0.25, 0.3) is 0 Å². The Kier molecular flexibility index (Phi) is 4.56. The molecule has 96 valence electrons. The van der Waals surface area contributed by atoms with E-state index in [9.17, 15) is 0 Å². The minimum Gasteiger partial charge on any atom is -0.312 e. The van der Waals surface area contributed by atoms with Crippen molar-refractivity contribution in [1.82, 2.24) is 5.32 Å². The van der Waals surface area contributed by atoms with Crippen LogP contribution in [0.15, 0.2) is 47.8 Å². The molecule has 0 aliphatic heterocycles. The summed E-state index contributed by atoms with van der Waals surface area (Å²) in [6.45, 7) is 6.67. The molecule has 0 atom stereocenters. The number of thiophene rings is 1. The molecule has 0 aliphatic rings. The Morgan fingerprint density at radius 1 is 1.06 bits per heavy atom. The van der Waals surface area contributed by atoms with Crippen LogP contribution in [0.2, 0.25) is 0 Å². The van der Waals surface area contributed by atoms with Crippen LogP contribution in [0, 0.1) is 0 Å². The van der Waals surface area contributed by atoms with Gasteiger partial charge in [0.15, 0.2) is 0 Å². The van der Waals surface area contributed by atoms with Crippen LogP contribution in [0.5, 0.6) is 0 Å². The van der Waals surface area contributed by atoms with Crippen molar-refractivity contribution in [3.63, 3.8) is 0 Å². The molecule has 0 amide bonds. The molecular formula is C16H21NS. The van der Waals surface area contributed by atoms with Gasteiger partial charge in [-0.1, -0.05) is 50.2 Å². The van der Waals surface area contributed by atoms with Gasteiger partial charge in [0.2, 0.25) is 0 Å². The number of hydrogen-bond acceptors (Lipinski definition) is 2. The first-order chi connectivity index (χ1) is 8.68. The van der Waals surface area contributed by atoms with Crippen LogP contribution in [0.3, 0.4) is 0 Å². The van der Waals surface area contributed by atoms with E-state index in [1.54, 1.807) is 0 Å². The minimum absolute atomic E-state index is 0.240. The van der Waals surface area contributed by atoms with Crippen molar-refractivity contribution in [2.75, 3.05) is 6.54 Å². The Balaban J connectivity index is 1.79. The second kappa shape index (κ2) is 6.17. The fourth-order valence-corrected chi connectivity index (χ4v) is 2.73. The molecule has 0 saturated carbocycles. The maximum Gasteiger partial charge on any atom is 0.0299 e. The van der Waals surface area contributed by atoms with Crippen LogP contribution < -0.4 is 5.32 Å². The zero-order valence-corrected chi connectivity index (χ0v) is 12.0. The van der Waals surface area contributed by atoms with Gasteiger partial charge in [0.1, 0.15) is 0 Å². The number of nitrogens with one attached hydrogen (secondary N) is 1. The molecule has 0 aliphatic carbocycles. The molecule has 0 spiro atoms. The Morgan fingerprint density at radius 3 is 2.50 bits per heavy atom. The number of rotatable bonds is 6. The van der Waals surface area contributed by atoms with E-state index in [1.165, 1.54) is 10.4 Å². The van der Waals surface area contributed by atoms with Gasteiger partial charge in [-0.15, -0.1) is 11.3 Å². The maximum atomic E-state index is 3.52. The quantitative estimate of drug-likeness (QED) is 0.766. The van der Waals surface area contributed by atoms with Crippen LogP contribution >= 0.6 is 11.3 Å². The Bertz CT molecular complexity index is 445. The molecule has 0 saturated heterocycles. The summed E-state index contributed by atoms with van der Waals surface area (Å²) in [6, 6.07) is 15.1. The molecule has 18 heavy (non-hydrogen) atoms. The Morgan fingerprint density at radius 2 is 1.83 bits per heavy atom. The van der Waals surface area contributed by atoms with Gasteiger partial charge in [-0.3, -0.25) is 0 Å². The average molecular weight is 259 g/mol. The van der Waals surface area contributed by atoms with E-state index in [2.05, 4.69) is 67.0 Å². The maximum absolute atomic E-state index is 3.52. The largest absolute Gasteiger partial charge is 0.312 e. The van der Waals surface area contributed by atoms with Gasteiger partial charge in [0, 0.05) is 11.4 Å². The van der Waals surface area contributed by atoms with Crippen molar-refractivity contribution in [2.45, 2.75) is 32.2 Å². The van der Waals surface area contributed by atoms with Crippen LogP contribution in [0.4, 0.5) is 0 Å². The normalized spacial score (nSPS) is 11.7. The fraction of sp³-hybridized carbons (Fsp3) is 0.375. The third kappa shape index (κ3) is 3.69. The molecule has 2 heteroatoms. The summed E-state index contributed by atoms with van der Waals surface area (Å²) in [5.74, 6) is 0. The van der Waals surface area contributed by atoms with Gasteiger partial charge in [-0.05, 0) is 35.4 Å². The van der Waals surface area contributed by atoms with Gasteiger partial charge in [-0.2, -0.15) is 0 Å². The third-order valence-electron chi connectivity index (χ3n) is 3.36. The van der Waals surface area contributed by atoms with E-state index in [-0.39, 0.29) is 5.41 Å². The van der Waals surface area contributed by atoms with Crippen molar-refractivity contribution in [1.29, 1.82) is 0 Å². The lowest BCUT2D eigenvalue weighted by molar-refractivity contribution is 0.457. The van der Waals surface area contributed by atoms with Crippen molar-refractivity contribution >= 4 is 11.3 Å². The van der Waals surface area contributed by atoms with Gasteiger partial charge in [-0.25, -0.2) is 0 Å². The Hall–Kier alpha value is -1.12. The van der Waals surface area contributed by atoms with Gasteiger partial charge in [0.05, 0.1) is 0 Å². The lowest BCUT2D eigenvalue weighted by atomic mass is 9.81.